The predicted molar refractivity (Wildman–Crippen MR) is 57.2 cm³/mol. The van der Waals surface area contributed by atoms with Crippen LogP contribution in [0.2, 0.25) is 0 Å². The first-order valence-electron chi connectivity index (χ1n) is 4.77. The van der Waals surface area contributed by atoms with Crippen molar-refractivity contribution in [2.24, 2.45) is 0 Å². The Kier molecular flexibility index (Phi) is 3.60. The van der Waals surface area contributed by atoms with Gasteiger partial charge in [-0.25, -0.2) is 4.98 Å². The zero-order valence-electron chi connectivity index (χ0n) is 8.50. The average molecular weight is 190 g/mol. The normalized spacial score (nSPS) is 10.9. The molecule has 0 aliphatic heterocycles. The summed E-state index contributed by atoms with van der Waals surface area (Å²) in [5, 5.41) is 0. The molecule has 0 aliphatic rings. The first-order chi connectivity index (χ1) is 6.73. The molecule has 0 atom stereocenters. The van der Waals surface area contributed by atoms with E-state index in [1.165, 1.54) is 5.56 Å². The molecular weight excluding hydrogens is 172 g/mol. The third-order valence-corrected chi connectivity index (χ3v) is 2.40. The molecule has 1 aromatic heterocycles. The maximum Gasteiger partial charge on any atom is 0.167 e. The number of aromatic amines is 1. The van der Waals surface area contributed by atoms with E-state index in [-0.39, 0.29) is 5.54 Å². The molecule has 0 aromatic carbocycles. The van der Waals surface area contributed by atoms with Gasteiger partial charge in [0.1, 0.15) is 5.54 Å². The summed E-state index contributed by atoms with van der Waals surface area (Å²) in [5.41, 5.74) is 5.37. The van der Waals surface area contributed by atoms with Gasteiger partial charge in [0.15, 0.2) is 12.4 Å². The lowest BCUT2D eigenvalue weighted by Gasteiger charge is -2.22. The molecule has 2 heteroatoms. The monoisotopic (exact) mass is 190 g/mol. The van der Waals surface area contributed by atoms with E-state index in [2.05, 4.69) is 36.0 Å². The fourth-order valence-corrected chi connectivity index (χ4v) is 1.61. The second-order valence-electron chi connectivity index (χ2n) is 3.55. The Bertz CT molecular complexity index is 293. The summed E-state index contributed by atoms with van der Waals surface area (Å²) >= 11 is 0. The molecular formula is C12H18N2+2. The van der Waals surface area contributed by atoms with Gasteiger partial charge in [-0.2, -0.15) is 0 Å². The molecule has 2 nitrogen and oxygen atoms in total. The Labute approximate surface area is 85.2 Å². The molecule has 4 N–H and O–H groups in total. The summed E-state index contributed by atoms with van der Waals surface area (Å²) < 4.78 is 0. The van der Waals surface area contributed by atoms with Crippen LogP contribution in [0.1, 0.15) is 18.4 Å². The third-order valence-electron chi connectivity index (χ3n) is 2.40. The number of hydrogen-bond donors (Lipinski definition) is 1. The Morgan fingerprint density at radius 1 is 1.21 bits per heavy atom. The largest absolute Gasteiger partial charge is 0.348 e. The van der Waals surface area contributed by atoms with E-state index in [0.717, 1.165) is 12.8 Å². The number of H-pyrrole nitrogens is 1. The Morgan fingerprint density at radius 3 is 2.14 bits per heavy atom. The van der Waals surface area contributed by atoms with Gasteiger partial charge >= 0.3 is 0 Å². The summed E-state index contributed by atoms with van der Waals surface area (Å²) in [6, 6.07) is 4.11. The molecule has 0 aliphatic carbocycles. The first-order valence-corrected chi connectivity index (χ1v) is 4.77. The van der Waals surface area contributed by atoms with Crippen LogP contribution in [0.25, 0.3) is 0 Å². The SMILES string of the molecule is C=CCC([NH3+])(CC=C)c1cc[nH+]cc1. The average Bonchev–Trinajstić information content (AvgIpc) is 2.20. The lowest BCUT2D eigenvalue weighted by molar-refractivity contribution is -0.487. The molecule has 0 saturated carbocycles. The molecule has 0 bridgehead atoms. The minimum absolute atomic E-state index is 0.112. The predicted octanol–water partition coefficient (Wildman–Crippen LogP) is 1.09. The van der Waals surface area contributed by atoms with Gasteiger partial charge in [0, 0.05) is 30.5 Å². The highest BCUT2D eigenvalue weighted by atomic mass is 14.7. The van der Waals surface area contributed by atoms with Crippen molar-refractivity contribution in [2.75, 3.05) is 0 Å². The second kappa shape index (κ2) is 4.72. The van der Waals surface area contributed by atoms with Crippen molar-refractivity contribution >= 4 is 0 Å². The van der Waals surface area contributed by atoms with E-state index < -0.39 is 0 Å². The molecule has 1 aromatic rings. The maximum absolute atomic E-state index is 4.26. The molecule has 74 valence electrons. The molecule has 1 heterocycles. The summed E-state index contributed by atoms with van der Waals surface area (Å²) in [5.74, 6) is 0. The van der Waals surface area contributed by atoms with Crippen molar-refractivity contribution in [1.29, 1.82) is 0 Å². The van der Waals surface area contributed by atoms with Crippen LogP contribution in [-0.2, 0) is 5.54 Å². The van der Waals surface area contributed by atoms with Gasteiger partial charge < -0.3 is 5.73 Å². The van der Waals surface area contributed by atoms with Crippen LogP contribution in [-0.4, -0.2) is 0 Å². The van der Waals surface area contributed by atoms with E-state index >= 15 is 0 Å². The standard InChI is InChI=1S/C12H16N2/c1-3-7-12(13,8-4-2)11-5-9-14-10-6-11/h3-6,9-10H,1-2,7-8,13H2/p+2. The quantitative estimate of drug-likeness (QED) is 0.675. The maximum atomic E-state index is 4.26. The van der Waals surface area contributed by atoms with Gasteiger partial charge in [-0.1, -0.05) is 12.2 Å². The summed E-state index contributed by atoms with van der Waals surface area (Å²) in [6.45, 7) is 7.54. The van der Waals surface area contributed by atoms with Gasteiger partial charge in [-0.05, 0) is 0 Å². The van der Waals surface area contributed by atoms with Crippen molar-refractivity contribution in [3.8, 4) is 0 Å². The summed E-state index contributed by atoms with van der Waals surface area (Å²) in [6.07, 6.45) is 9.38. The van der Waals surface area contributed by atoms with E-state index in [9.17, 15) is 0 Å². The van der Waals surface area contributed by atoms with Gasteiger partial charge in [0.25, 0.3) is 0 Å². The van der Waals surface area contributed by atoms with Crippen LogP contribution in [0.15, 0.2) is 49.8 Å². The van der Waals surface area contributed by atoms with Crippen molar-refractivity contribution in [3.05, 3.63) is 55.4 Å². The Hall–Kier alpha value is -1.41. The highest BCUT2D eigenvalue weighted by Crippen LogP contribution is 2.23. The highest BCUT2D eigenvalue weighted by Gasteiger charge is 2.28. The van der Waals surface area contributed by atoms with Crippen LogP contribution in [0.5, 0.6) is 0 Å². The molecule has 0 unspecified atom stereocenters. The van der Waals surface area contributed by atoms with Gasteiger partial charge in [-0.15, -0.1) is 13.2 Å². The van der Waals surface area contributed by atoms with Gasteiger partial charge in [0.05, 0.1) is 0 Å². The smallest absolute Gasteiger partial charge is 0.167 e. The highest BCUT2D eigenvalue weighted by molar-refractivity contribution is 5.19. The number of rotatable bonds is 5. The third kappa shape index (κ3) is 2.30. The molecule has 0 radical (unpaired) electrons. The van der Waals surface area contributed by atoms with Crippen molar-refractivity contribution < 1.29 is 10.7 Å². The van der Waals surface area contributed by atoms with Crippen molar-refractivity contribution in [2.45, 2.75) is 18.4 Å². The minimum Gasteiger partial charge on any atom is -0.348 e. The first kappa shape index (κ1) is 10.7. The van der Waals surface area contributed by atoms with E-state index in [0.29, 0.717) is 0 Å². The molecule has 0 amide bonds. The number of quaternary nitrogens is 1. The van der Waals surface area contributed by atoms with E-state index in [1.54, 1.807) is 0 Å². The van der Waals surface area contributed by atoms with Crippen LogP contribution in [0, 0.1) is 0 Å². The van der Waals surface area contributed by atoms with Crippen molar-refractivity contribution in [3.63, 3.8) is 0 Å². The van der Waals surface area contributed by atoms with Crippen LogP contribution in [0.4, 0.5) is 0 Å². The fraction of sp³-hybridized carbons (Fsp3) is 0.250. The lowest BCUT2D eigenvalue weighted by Crippen LogP contribution is -2.69. The molecule has 0 spiro atoms. The van der Waals surface area contributed by atoms with E-state index in [4.69, 9.17) is 0 Å². The fourth-order valence-electron chi connectivity index (χ4n) is 1.61. The lowest BCUT2D eigenvalue weighted by atomic mass is 9.85. The van der Waals surface area contributed by atoms with E-state index in [1.807, 2.05) is 24.5 Å². The number of hydrogen-bond acceptors (Lipinski definition) is 0. The van der Waals surface area contributed by atoms with Crippen LogP contribution < -0.4 is 10.7 Å². The second-order valence-corrected chi connectivity index (χ2v) is 3.55. The number of aromatic nitrogens is 1. The Morgan fingerprint density at radius 2 is 1.71 bits per heavy atom. The Balaban J connectivity index is 2.98. The summed E-state index contributed by atoms with van der Waals surface area (Å²) in [4.78, 5) is 3.01. The van der Waals surface area contributed by atoms with Gasteiger partial charge in [0.2, 0.25) is 0 Å². The molecule has 1 rings (SSSR count). The van der Waals surface area contributed by atoms with Crippen LogP contribution in [0.3, 0.4) is 0 Å². The summed E-state index contributed by atoms with van der Waals surface area (Å²) in [7, 11) is 0. The zero-order valence-corrected chi connectivity index (χ0v) is 8.50. The van der Waals surface area contributed by atoms with Crippen LogP contribution >= 0.6 is 0 Å². The van der Waals surface area contributed by atoms with Gasteiger partial charge in [-0.3, -0.25) is 0 Å². The van der Waals surface area contributed by atoms with Crippen molar-refractivity contribution in [1.82, 2.24) is 0 Å². The molecule has 0 fully saturated rings. The molecule has 14 heavy (non-hydrogen) atoms. The number of nitrogens with one attached hydrogen (secondary N) is 1. The topological polar surface area (TPSA) is 41.8 Å². The zero-order chi connectivity index (χ0) is 10.4. The minimum atomic E-state index is -0.112. The number of pyridine rings is 1. The molecule has 0 saturated heterocycles.